The summed E-state index contributed by atoms with van der Waals surface area (Å²) in [5.41, 5.74) is 7.56. The quantitative estimate of drug-likeness (QED) is 0.711. The third kappa shape index (κ3) is 4.92. The first-order chi connectivity index (χ1) is 10.1. The number of anilines is 1. The van der Waals surface area contributed by atoms with Gasteiger partial charge < -0.3 is 20.9 Å². The van der Waals surface area contributed by atoms with E-state index < -0.39 is 0 Å². The molecule has 6 heteroatoms. The standard InChI is InChI=1S/C15H21N5O/c1-12(16)13-4-2-5-14(10-13)19-15(21)18-6-3-8-20-9-7-17-11-20/h2,4-5,7,9-12H,3,6,8,16H2,1H3,(H2,18,19,21). The molecule has 0 saturated carbocycles. The van der Waals surface area contributed by atoms with E-state index in [0.29, 0.717) is 6.54 Å². The van der Waals surface area contributed by atoms with Crippen molar-refractivity contribution in [3.63, 3.8) is 0 Å². The maximum atomic E-state index is 11.8. The Morgan fingerprint density at radius 2 is 2.33 bits per heavy atom. The Labute approximate surface area is 124 Å². The zero-order chi connectivity index (χ0) is 15.1. The van der Waals surface area contributed by atoms with Crippen LogP contribution in [0.1, 0.15) is 24.9 Å². The van der Waals surface area contributed by atoms with Gasteiger partial charge in [0.05, 0.1) is 6.33 Å². The van der Waals surface area contributed by atoms with E-state index in [9.17, 15) is 4.79 Å². The molecule has 0 aliphatic heterocycles. The van der Waals surface area contributed by atoms with E-state index in [1.54, 1.807) is 12.5 Å². The summed E-state index contributed by atoms with van der Waals surface area (Å²) in [6.07, 6.45) is 6.26. The van der Waals surface area contributed by atoms with Crippen LogP contribution < -0.4 is 16.4 Å². The van der Waals surface area contributed by atoms with Gasteiger partial charge in [-0.05, 0) is 31.0 Å². The summed E-state index contributed by atoms with van der Waals surface area (Å²) in [6.45, 7) is 3.35. The predicted octanol–water partition coefficient (Wildman–Crippen LogP) is 2.11. The first kappa shape index (κ1) is 15.1. The van der Waals surface area contributed by atoms with Crippen LogP contribution >= 0.6 is 0 Å². The molecule has 1 aromatic carbocycles. The normalized spacial score (nSPS) is 11.9. The maximum absolute atomic E-state index is 11.8. The largest absolute Gasteiger partial charge is 0.338 e. The highest BCUT2D eigenvalue weighted by atomic mass is 16.2. The molecule has 0 bridgehead atoms. The predicted molar refractivity (Wildman–Crippen MR) is 82.9 cm³/mol. The van der Waals surface area contributed by atoms with Crippen molar-refractivity contribution >= 4 is 11.7 Å². The molecule has 0 fully saturated rings. The first-order valence-corrected chi connectivity index (χ1v) is 7.01. The van der Waals surface area contributed by atoms with Gasteiger partial charge in [-0.25, -0.2) is 9.78 Å². The Morgan fingerprint density at radius 1 is 1.48 bits per heavy atom. The van der Waals surface area contributed by atoms with Crippen LogP contribution in [-0.4, -0.2) is 22.1 Å². The van der Waals surface area contributed by atoms with E-state index in [-0.39, 0.29) is 12.1 Å². The molecule has 0 spiro atoms. The Balaban J connectivity index is 1.72. The van der Waals surface area contributed by atoms with Crippen LogP contribution in [0.5, 0.6) is 0 Å². The number of nitrogens with two attached hydrogens (primary N) is 1. The fourth-order valence-corrected chi connectivity index (χ4v) is 1.96. The molecule has 6 nitrogen and oxygen atoms in total. The molecule has 1 atom stereocenters. The third-order valence-electron chi connectivity index (χ3n) is 3.11. The molecule has 1 aromatic heterocycles. The molecular formula is C15H21N5O. The van der Waals surface area contributed by atoms with Gasteiger partial charge in [0.2, 0.25) is 0 Å². The third-order valence-corrected chi connectivity index (χ3v) is 3.11. The van der Waals surface area contributed by atoms with Crippen LogP contribution in [0.2, 0.25) is 0 Å². The fourth-order valence-electron chi connectivity index (χ4n) is 1.96. The second kappa shape index (κ2) is 7.44. The van der Waals surface area contributed by atoms with Gasteiger partial charge in [-0.1, -0.05) is 12.1 Å². The number of carbonyl (C=O) groups excluding carboxylic acids is 1. The lowest BCUT2D eigenvalue weighted by molar-refractivity contribution is 0.252. The molecule has 0 aliphatic rings. The van der Waals surface area contributed by atoms with Gasteiger partial charge in [0.25, 0.3) is 0 Å². The monoisotopic (exact) mass is 287 g/mol. The Bertz CT molecular complexity index is 565. The molecule has 0 aliphatic carbocycles. The topological polar surface area (TPSA) is 85.0 Å². The van der Waals surface area contributed by atoms with E-state index in [0.717, 1.165) is 24.2 Å². The van der Waals surface area contributed by atoms with Crippen molar-refractivity contribution in [1.82, 2.24) is 14.9 Å². The molecule has 2 aromatic rings. The molecule has 0 saturated heterocycles. The Morgan fingerprint density at radius 3 is 3.05 bits per heavy atom. The van der Waals surface area contributed by atoms with Crippen molar-refractivity contribution in [2.75, 3.05) is 11.9 Å². The van der Waals surface area contributed by atoms with Crippen LogP contribution in [0.15, 0.2) is 43.0 Å². The number of benzene rings is 1. The fraction of sp³-hybridized carbons (Fsp3) is 0.333. The second-order valence-electron chi connectivity index (χ2n) is 4.95. The van der Waals surface area contributed by atoms with Crippen LogP contribution in [0.4, 0.5) is 10.5 Å². The smallest absolute Gasteiger partial charge is 0.319 e. The lowest BCUT2D eigenvalue weighted by Crippen LogP contribution is -2.30. The van der Waals surface area contributed by atoms with Gasteiger partial charge in [0, 0.05) is 37.2 Å². The molecule has 2 rings (SSSR count). The number of carbonyl (C=O) groups is 1. The van der Waals surface area contributed by atoms with Gasteiger partial charge in [-0.3, -0.25) is 0 Å². The van der Waals surface area contributed by atoms with Crippen LogP contribution in [0.25, 0.3) is 0 Å². The molecule has 1 unspecified atom stereocenters. The average molecular weight is 287 g/mol. The van der Waals surface area contributed by atoms with E-state index >= 15 is 0 Å². The number of aryl methyl sites for hydroxylation is 1. The first-order valence-electron chi connectivity index (χ1n) is 7.01. The number of imidazole rings is 1. The average Bonchev–Trinajstić information content (AvgIpc) is 2.97. The number of amides is 2. The molecule has 4 N–H and O–H groups in total. The molecule has 112 valence electrons. The molecular weight excluding hydrogens is 266 g/mol. The molecule has 1 heterocycles. The van der Waals surface area contributed by atoms with E-state index in [1.165, 1.54) is 0 Å². The summed E-state index contributed by atoms with van der Waals surface area (Å²) in [5.74, 6) is 0. The van der Waals surface area contributed by atoms with Gasteiger partial charge in [0.15, 0.2) is 0 Å². The van der Waals surface area contributed by atoms with Crippen LogP contribution in [0.3, 0.4) is 0 Å². The molecule has 2 amide bonds. The Hall–Kier alpha value is -2.34. The number of urea groups is 1. The summed E-state index contributed by atoms with van der Waals surface area (Å²) in [5, 5.41) is 5.63. The summed E-state index contributed by atoms with van der Waals surface area (Å²) in [6, 6.07) is 7.30. The summed E-state index contributed by atoms with van der Waals surface area (Å²) in [4.78, 5) is 15.7. The van der Waals surface area contributed by atoms with E-state index in [1.807, 2.05) is 42.0 Å². The SMILES string of the molecule is CC(N)c1cccc(NC(=O)NCCCn2ccnc2)c1. The van der Waals surface area contributed by atoms with Gasteiger partial charge in [-0.15, -0.1) is 0 Å². The van der Waals surface area contributed by atoms with Crippen molar-refractivity contribution in [3.05, 3.63) is 48.5 Å². The van der Waals surface area contributed by atoms with Crippen LogP contribution in [-0.2, 0) is 6.54 Å². The highest BCUT2D eigenvalue weighted by Gasteiger charge is 2.04. The van der Waals surface area contributed by atoms with E-state index in [2.05, 4.69) is 15.6 Å². The molecule has 0 radical (unpaired) electrons. The number of hydrogen-bond donors (Lipinski definition) is 3. The van der Waals surface area contributed by atoms with Gasteiger partial charge >= 0.3 is 6.03 Å². The van der Waals surface area contributed by atoms with Gasteiger partial charge in [-0.2, -0.15) is 0 Å². The highest BCUT2D eigenvalue weighted by molar-refractivity contribution is 5.89. The van der Waals surface area contributed by atoms with Crippen LogP contribution in [0, 0.1) is 0 Å². The minimum absolute atomic E-state index is 0.0509. The summed E-state index contributed by atoms with van der Waals surface area (Å²) >= 11 is 0. The van der Waals surface area contributed by atoms with Crippen molar-refractivity contribution < 1.29 is 4.79 Å². The lowest BCUT2D eigenvalue weighted by atomic mass is 10.1. The van der Waals surface area contributed by atoms with Crippen molar-refractivity contribution in [3.8, 4) is 0 Å². The summed E-state index contributed by atoms with van der Waals surface area (Å²) in [7, 11) is 0. The van der Waals surface area contributed by atoms with Crippen molar-refractivity contribution in [2.24, 2.45) is 5.73 Å². The lowest BCUT2D eigenvalue weighted by Gasteiger charge is -2.10. The number of hydrogen-bond acceptors (Lipinski definition) is 3. The van der Waals surface area contributed by atoms with Crippen molar-refractivity contribution in [1.29, 1.82) is 0 Å². The Kier molecular flexibility index (Phi) is 5.34. The number of aromatic nitrogens is 2. The zero-order valence-corrected chi connectivity index (χ0v) is 12.1. The molecule has 21 heavy (non-hydrogen) atoms. The zero-order valence-electron chi connectivity index (χ0n) is 12.1. The number of rotatable bonds is 6. The van der Waals surface area contributed by atoms with Gasteiger partial charge in [0.1, 0.15) is 0 Å². The van der Waals surface area contributed by atoms with E-state index in [4.69, 9.17) is 5.73 Å². The summed E-state index contributed by atoms with van der Waals surface area (Å²) < 4.78 is 1.98. The van der Waals surface area contributed by atoms with Crippen molar-refractivity contribution in [2.45, 2.75) is 25.9 Å². The minimum atomic E-state index is -0.206. The number of nitrogens with zero attached hydrogens (tertiary/aromatic N) is 2. The number of nitrogens with one attached hydrogen (secondary N) is 2. The second-order valence-corrected chi connectivity index (χ2v) is 4.95. The minimum Gasteiger partial charge on any atom is -0.338 e. The highest BCUT2D eigenvalue weighted by Crippen LogP contribution is 2.15. The maximum Gasteiger partial charge on any atom is 0.319 e.